The van der Waals surface area contributed by atoms with Gasteiger partial charge in [0.1, 0.15) is 17.1 Å². The number of ether oxygens (including phenoxy) is 2. The molecule has 1 heterocycles. The molecule has 0 aliphatic rings. The molecule has 3 rings (SSSR count). The van der Waals surface area contributed by atoms with Crippen LogP contribution in [0.2, 0.25) is 0 Å². The van der Waals surface area contributed by atoms with Crippen LogP contribution in [0.15, 0.2) is 53.2 Å². The second kappa shape index (κ2) is 9.32. The van der Waals surface area contributed by atoms with Crippen LogP contribution in [0.3, 0.4) is 0 Å². The highest BCUT2D eigenvalue weighted by Gasteiger charge is 2.15. The predicted molar refractivity (Wildman–Crippen MR) is 116 cm³/mol. The number of carbonyl (C=O) groups is 1. The van der Waals surface area contributed by atoms with Crippen molar-refractivity contribution in [1.29, 1.82) is 0 Å². The largest absolute Gasteiger partial charge is 0.497 e. The Morgan fingerprint density at radius 2 is 1.93 bits per heavy atom. The number of amides is 1. The first-order valence-electron chi connectivity index (χ1n) is 9.86. The van der Waals surface area contributed by atoms with Gasteiger partial charge in [-0.1, -0.05) is 19.1 Å². The van der Waals surface area contributed by atoms with E-state index in [0.29, 0.717) is 18.9 Å². The Bertz CT molecular complexity index is 1020. The Hall–Kier alpha value is -3.21. The van der Waals surface area contributed by atoms with Crippen molar-refractivity contribution in [1.82, 2.24) is 5.32 Å². The van der Waals surface area contributed by atoms with Crippen molar-refractivity contribution in [2.45, 2.75) is 27.2 Å². The highest BCUT2D eigenvalue weighted by atomic mass is 16.5. The van der Waals surface area contributed by atoms with E-state index >= 15 is 0 Å². The number of allylic oxidation sites excluding steroid dienone is 1. The van der Waals surface area contributed by atoms with Crippen LogP contribution in [0.5, 0.6) is 11.5 Å². The first-order valence-corrected chi connectivity index (χ1v) is 9.86. The van der Waals surface area contributed by atoms with Crippen LogP contribution in [0.1, 0.15) is 32.8 Å². The Balaban J connectivity index is 2.06. The first-order chi connectivity index (χ1) is 14.1. The van der Waals surface area contributed by atoms with Gasteiger partial charge in [0.05, 0.1) is 20.0 Å². The molecule has 0 bridgehead atoms. The number of furan rings is 1. The number of benzene rings is 2. The molecule has 29 heavy (non-hydrogen) atoms. The first kappa shape index (κ1) is 20.5. The molecule has 2 aromatic carbocycles. The summed E-state index contributed by atoms with van der Waals surface area (Å²) in [6.07, 6.45) is 4.26. The number of hydrogen-bond donors (Lipinski definition) is 1. The van der Waals surface area contributed by atoms with Gasteiger partial charge in [-0.15, -0.1) is 0 Å². The second-order valence-electron chi connectivity index (χ2n) is 6.77. The molecular weight excluding hydrogens is 366 g/mol. The Labute approximate surface area is 171 Å². The van der Waals surface area contributed by atoms with Crippen LogP contribution in [0, 0.1) is 0 Å². The SMILES string of the molecule is CCCNC(=O)/C=C(\C)c1cc2c(-c3ccc(OC)cc3)coc2cc1OCC. The van der Waals surface area contributed by atoms with Gasteiger partial charge >= 0.3 is 0 Å². The molecule has 0 aliphatic heterocycles. The average molecular weight is 393 g/mol. The topological polar surface area (TPSA) is 60.7 Å². The van der Waals surface area contributed by atoms with Gasteiger partial charge in [0.25, 0.3) is 0 Å². The monoisotopic (exact) mass is 393 g/mol. The Morgan fingerprint density at radius 3 is 2.59 bits per heavy atom. The van der Waals surface area contributed by atoms with Crippen molar-refractivity contribution in [2.24, 2.45) is 0 Å². The molecule has 0 fully saturated rings. The summed E-state index contributed by atoms with van der Waals surface area (Å²) in [5.41, 5.74) is 4.47. The van der Waals surface area contributed by atoms with Gasteiger partial charge in [0, 0.05) is 35.2 Å². The number of methoxy groups -OCH3 is 1. The van der Waals surface area contributed by atoms with Crippen LogP contribution >= 0.6 is 0 Å². The predicted octanol–water partition coefficient (Wildman–Crippen LogP) is 5.44. The summed E-state index contributed by atoms with van der Waals surface area (Å²) in [6, 6.07) is 11.8. The third-order valence-corrected chi connectivity index (χ3v) is 4.70. The van der Waals surface area contributed by atoms with E-state index in [1.165, 1.54) is 0 Å². The highest BCUT2D eigenvalue weighted by Crippen LogP contribution is 2.37. The van der Waals surface area contributed by atoms with Gasteiger partial charge < -0.3 is 19.2 Å². The third-order valence-electron chi connectivity index (χ3n) is 4.70. The van der Waals surface area contributed by atoms with Gasteiger partial charge in [-0.05, 0) is 49.6 Å². The van der Waals surface area contributed by atoms with E-state index in [1.54, 1.807) is 19.4 Å². The lowest BCUT2D eigenvalue weighted by atomic mass is 9.99. The van der Waals surface area contributed by atoms with Crippen LogP contribution < -0.4 is 14.8 Å². The number of carbonyl (C=O) groups excluding carboxylic acids is 1. The van der Waals surface area contributed by atoms with E-state index in [4.69, 9.17) is 13.9 Å². The van der Waals surface area contributed by atoms with E-state index in [-0.39, 0.29) is 5.91 Å². The molecule has 3 aromatic rings. The molecule has 0 aliphatic carbocycles. The minimum atomic E-state index is -0.102. The standard InChI is InChI=1S/C24H27NO4/c1-5-11-25-24(26)12-16(3)19-13-20-21(17-7-9-18(27-4)10-8-17)15-29-23(20)14-22(19)28-6-2/h7-10,12-15H,5-6,11H2,1-4H3,(H,25,26)/b16-12+. The zero-order chi connectivity index (χ0) is 20.8. The Kier molecular flexibility index (Phi) is 6.60. The quantitative estimate of drug-likeness (QED) is 0.518. The lowest BCUT2D eigenvalue weighted by molar-refractivity contribution is -0.116. The molecule has 1 amide bonds. The highest BCUT2D eigenvalue weighted by molar-refractivity contribution is 6.00. The van der Waals surface area contributed by atoms with Gasteiger partial charge in [0.2, 0.25) is 5.91 Å². The summed E-state index contributed by atoms with van der Waals surface area (Å²) in [4.78, 5) is 12.2. The fourth-order valence-electron chi connectivity index (χ4n) is 3.21. The zero-order valence-electron chi connectivity index (χ0n) is 17.4. The van der Waals surface area contributed by atoms with E-state index in [0.717, 1.165) is 45.4 Å². The smallest absolute Gasteiger partial charge is 0.244 e. The lowest BCUT2D eigenvalue weighted by Crippen LogP contribution is -2.21. The van der Waals surface area contributed by atoms with E-state index < -0.39 is 0 Å². The van der Waals surface area contributed by atoms with Crippen molar-refractivity contribution in [3.05, 3.63) is 54.3 Å². The van der Waals surface area contributed by atoms with Crippen LogP contribution in [-0.4, -0.2) is 26.2 Å². The molecule has 0 radical (unpaired) electrons. The minimum absolute atomic E-state index is 0.102. The van der Waals surface area contributed by atoms with Crippen molar-refractivity contribution >= 4 is 22.4 Å². The summed E-state index contributed by atoms with van der Waals surface area (Å²) in [5.74, 6) is 1.40. The number of fused-ring (bicyclic) bond motifs is 1. The van der Waals surface area contributed by atoms with Crippen molar-refractivity contribution in [3.8, 4) is 22.6 Å². The molecule has 0 spiro atoms. The molecule has 0 atom stereocenters. The third kappa shape index (κ3) is 4.62. The molecule has 1 aromatic heterocycles. The normalized spacial score (nSPS) is 11.5. The van der Waals surface area contributed by atoms with Gasteiger partial charge in [-0.2, -0.15) is 0 Å². The van der Waals surface area contributed by atoms with Crippen LogP contribution in [0.25, 0.3) is 27.7 Å². The molecule has 5 heteroatoms. The molecule has 0 saturated heterocycles. The van der Waals surface area contributed by atoms with Gasteiger partial charge in [0.15, 0.2) is 0 Å². The van der Waals surface area contributed by atoms with Crippen LogP contribution in [0.4, 0.5) is 0 Å². The lowest BCUT2D eigenvalue weighted by Gasteiger charge is -2.12. The summed E-state index contributed by atoms with van der Waals surface area (Å²) in [7, 11) is 1.65. The van der Waals surface area contributed by atoms with E-state index in [9.17, 15) is 4.79 Å². The maximum atomic E-state index is 12.2. The minimum Gasteiger partial charge on any atom is -0.497 e. The number of hydrogen-bond acceptors (Lipinski definition) is 4. The molecule has 0 unspecified atom stereocenters. The number of nitrogens with one attached hydrogen (secondary N) is 1. The molecule has 0 saturated carbocycles. The van der Waals surface area contributed by atoms with E-state index in [1.807, 2.05) is 57.2 Å². The molecule has 1 N–H and O–H groups in total. The maximum Gasteiger partial charge on any atom is 0.244 e. The summed E-state index contributed by atoms with van der Waals surface area (Å²) in [6.45, 7) is 7.06. The number of rotatable bonds is 8. The summed E-state index contributed by atoms with van der Waals surface area (Å²) in [5, 5.41) is 3.85. The fraction of sp³-hybridized carbons (Fsp3) is 0.292. The van der Waals surface area contributed by atoms with Crippen molar-refractivity contribution in [2.75, 3.05) is 20.3 Å². The molecule has 152 valence electrons. The summed E-state index contributed by atoms with van der Waals surface area (Å²) >= 11 is 0. The van der Waals surface area contributed by atoms with Gasteiger partial charge in [-0.3, -0.25) is 4.79 Å². The summed E-state index contributed by atoms with van der Waals surface area (Å²) < 4.78 is 16.9. The average Bonchev–Trinajstić information content (AvgIpc) is 3.14. The van der Waals surface area contributed by atoms with Crippen molar-refractivity contribution < 1.29 is 18.7 Å². The molecule has 5 nitrogen and oxygen atoms in total. The second-order valence-corrected chi connectivity index (χ2v) is 6.77. The Morgan fingerprint density at radius 1 is 1.17 bits per heavy atom. The molecular formula is C24H27NO4. The van der Waals surface area contributed by atoms with Gasteiger partial charge in [-0.25, -0.2) is 0 Å². The maximum absolute atomic E-state index is 12.2. The van der Waals surface area contributed by atoms with E-state index in [2.05, 4.69) is 5.32 Å². The van der Waals surface area contributed by atoms with Crippen molar-refractivity contribution in [3.63, 3.8) is 0 Å². The zero-order valence-corrected chi connectivity index (χ0v) is 17.4. The fourth-order valence-corrected chi connectivity index (χ4v) is 3.21. The van der Waals surface area contributed by atoms with Crippen LogP contribution in [-0.2, 0) is 4.79 Å².